The van der Waals surface area contributed by atoms with Gasteiger partial charge < -0.3 is 0 Å². The Kier molecular flexibility index (Phi) is 14.7. The van der Waals surface area contributed by atoms with Gasteiger partial charge in [-0.2, -0.15) is 0 Å². The van der Waals surface area contributed by atoms with E-state index in [4.69, 9.17) is 0 Å². The summed E-state index contributed by atoms with van der Waals surface area (Å²) < 4.78 is 0. The Morgan fingerprint density at radius 2 is 0.969 bits per heavy atom. The molecule has 64 heavy (non-hydrogen) atoms. The Hall–Kier alpha value is -5.83. The lowest BCUT2D eigenvalue weighted by Crippen LogP contribution is -2.47. The van der Waals surface area contributed by atoms with Gasteiger partial charge in [0.15, 0.2) is 11.6 Å². The first-order valence-electron chi connectivity index (χ1n) is 22.2. The maximum atomic E-state index is 14.7. The van der Waals surface area contributed by atoms with Crippen LogP contribution >= 0.6 is 0 Å². The number of benzene rings is 4. The zero-order valence-corrected chi connectivity index (χ0v) is 39.0. The zero-order chi connectivity index (χ0) is 47.5. The number of hydrogen-bond donors (Lipinski definition) is 0. The van der Waals surface area contributed by atoms with E-state index in [0.29, 0.717) is 22.3 Å². The molecule has 9 nitrogen and oxygen atoms in total. The molecular formula is C55H62O9. The molecule has 4 atom stereocenters. The fourth-order valence-electron chi connectivity index (χ4n) is 8.89. The summed E-state index contributed by atoms with van der Waals surface area (Å²) in [5.74, 6) is -8.83. The maximum absolute atomic E-state index is 14.7. The van der Waals surface area contributed by atoms with Gasteiger partial charge in [0, 0.05) is 60.0 Å². The molecule has 1 saturated carbocycles. The van der Waals surface area contributed by atoms with E-state index in [1.165, 1.54) is 48.5 Å². The van der Waals surface area contributed by atoms with Crippen molar-refractivity contribution >= 4 is 62.8 Å². The van der Waals surface area contributed by atoms with Crippen molar-refractivity contribution in [1.82, 2.24) is 0 Å². The minimum Gasteiger partial charge on any atom is -0.299 e. The Labute approximate surface area is 377 Å². The molecule has 0 spiro atoms. The number of fused-ring (bicyclic) bond motifs is 1. The molecule has 0 aliphatic heterocycles. The topological polar surface area (TPSA) is 154 Å². The van der Waals surface area contributed by atoms with Gasteiger partial charge in [-0.15, -0.1) is 0 Å². The minimum absolute atomic E-state index is 0.0147. The molecule has 0 bridgehead atoms. The van der Waals surface area contributed by atoms with Gasteiger partial charge in [-0.1, -0.05) is 125 Å². The summed E-state index contributed by atoms with van der Waals surface area (Å²) in [4.78, 5) is 128. The van der Waals surface area contributed by atoms with Crippen LogP contribution in [0.4, 0.5) is 0 Å². The molecule has 4 aromatic carbocycles. The first kappa shape index (κ1) is 49.2. The number of ketones is 9. The van der Waals surface area contributed by atoms with E-state index >= 15 is 0 Å². The smallest absolute Gasteiger partial charge is 0.193 e. The first-order chi connectivity index (χ1) is 29.8. The monoisotopic (exact) mass is 866 g/mol. The summed E-state index contributed by atoms with van der Waals surface area (Å²) in [6.07, 6.45) is -1.42. The van der Waals surface area contributed by atoms with Crippen LogP contribution in [-0.2, 0) is 51.2 Å². The van der Waals surface area contributed by atoms with Crippen LogP contribution in [0, 0.1) is 45.3 Å². The fraction of sp³-hybridized carbons (Fsp3) is 0.436. The summed E-state index contributed by atoms with van der Waals surface area (Å²) in [7, 11) is 0. The van der Waals surface area contributed by atoms with Gasteiger partial charge in [0.1, 0.15) is 40.5 Å². The van der Waals surface area contributed by atoms with Crippen LogP contribution in [-0.4, -0.2) is 52.0 Å². The average molecular weight is 867 g/mol. The molecular weight excluding hydrogens is 805 g/mol. The van der Waals surface area contributed by atoms with Crippen LogP contribution in [0.3, 0.4) is 0 Å². The van der Waals surface area contributed by atoms with Crippen LogP contribution in [0.25, 0.3) is 10.8 Å². The largest absolute Gasteiger partial charge is 0.299 e. The molecule has 0 heterocycles. The number of rotatable bonds is 6. The van der Waals surface area contributed by atoms with E-state index < -0.39 is 98.0 Å². The standard InChI is InChI=1S/C55H62O9/c1-33-26-44(57)54(7,8)49(62)41(28-35-20-24-39(25-21-35)47(60)38-17-12-11-13-18-38)31-46(59)53(5,6)48(61)34(2)27-45(58)55(9,10)51(64)42(50(63)52(3,4)32-43(33)56)30-36-22-23-37-16-14-15-19-40(37)29-36/h11-25,29,33-34,41-42H,26-28,30-32H2,1-10H3. The fourth-order valence-corrected chi connectivity index (χ4v) is 8.89. The third-order valence-corrected chi connectivity index (χ3v) is 13.6. The lowest BCUT2D eigenvalue weighted by molar-refractivity contribution is -0.150. The SMILES string of the molecule is CC1CC(=O)C(C)(C)C(=O)C(Cc2ccc(C(=O)c3ccccc3)cc2)CC(=O)C(C)(C)C(=O)C(C)CC(=O)C(C)(C)C(=O)C(Cc2ccc3ccccc3c2)C(=O)C(C)(C)CC1=O. The zero-order valence-electron chi connectivity index (χ0n) is 39.0. The second-order valence-electron chi connectivity index (χ2n) is 20.3. The number of carbonyl (C=O) groups is 9. The summed E-state index contributed by atoms with van der Waals surface area (Å²) >= 11 is 0. The Bertz CT molecular complexity index is 2500. The van der Waals surface area contributed by atoms with Crippen LogP contribution < -0.4 is 0 Å². The van der Waals surface area contributed by atoms with Gasteiger partial charge in [0.2, 0.25) is 0 Å². The Morgan fingerprint density at radius 3 is 1.58 bits per heavy atom. The highest BCUT2D eigenvalue weighted by atomic mass is 16.2. The summed E-state index contributed by atoms with van der Waals surface area (Å²) in [6.45, 7) is 15.0. The molecule has 4 aromatic rings. The Morgan fingerprint density at radius 1 is 0.484 bits per heavy atom. The van der Waals surface area contributed by atoms with E-state index in [1.54, 1.807) is 69.3 Å². The predicted molar refractivity (Wildman–Crippen MR) is 247 cm³/mol. The van der Waals surface area contributed by atoms with Crippen molar-refractivity contribution in [3.63, 3.8) is 0 Å². The van der Waals surface area contributed by atoms with Gasteiger partial charge in [-0.05, 0) is 76.3 Å². The molecule has 0 amide bonds. The molecule has 4 unspecified atom stereocenters. The normalized spacial score (nSPS) is 23.8. The molecule has 1 aliphatic carbocycles. The van der Waals surface area contributed by atoms with E-state index in [0.717, 1.165) is 10.8 Å². The third-order valence-electron chi connectivity index (χ3n) is 13.6. The lowest BCUT2D eigenvalue weighted by atomic mass is 9.66. The van der Waals surface area contributed by atoms with Crippen molar-refractivity contribution in [3.05, 3.63) is 119 Å². The van der Waals surface area contributed by atoms with E-state index in [2.05, 4.69) is 0 Å². The van der Waals surface area contributed by atoms with E-state index in [-0.39, 0.29) is 37.9 Å². The van der Waals surface area contributed by atoms with Crippen molar-refractivity contribution in [3.8, 4) is 0 Å². The van der Waals surface area contributed by atoms with Gasteiger partial charge in [0.05, 0.1) is 22.2 Å². The third kappa shape index (κ3) is 10.6. The highest BCUT2D eigenvalue weighted by Crippen LogP contribution is 2.38. The number of carbonyl (C=O) groups excluding carboxylic acids is 9. The Balaban J connectivity index is 1.51. The van der Waals surface area contributed by atoms with Crippen molar-refractivity contribution in [2.75, 3.05) is 0 Å². The molecule has 336 valence electrons. The predicted octanol–water partition coefficient (Wildman–Crippen LogP) is 9.59. The molecule has 5 rings (SSSR count). The lowest BCUT2D eigenvalue weighted by Gasteiger charge is -2.34. The molecule has 1 aliphatic rings. The van der Waals surface area contributed by atoms with Gasteiger partial charge >= 0.3 is 0 Å². The molecule has 9 heteroatoms. The van der Waals surface area contributed by atoms with Crippen molar-refractivity contribution in [2.24, 2.45) is 45.3 Å². The van der Waals surface area contributed by atoms with Gasteiger partial charge in [-0.25, -0.2) is 0 Å². The summed E-state index contributed by atoms with van der Waals surface area (Å²) in [6, 6.07) is 28.7. The molecule has 0 radical (unpaired) electrons. The van der Waals surface area contributed by atoms with E-state index in [1.807, 2.05) is 48.5 Å². The van der Waals surface area contributed by atoms with Gasteiger partial charge in [0.25, 0.3) is 0 Å². The minimum atomic E-state index is -1.73. The van der Waals surface area contributed by atoms with Crippen molar-refractivity contribution in [2.45, 2.75) is 108 Å². The number of Topliss-reactive ketones (excluding diaryl/α,β-unsaturated/α-hetero) is 8. The molecule has 0 saturated heterocycles. The van der Waals surface area contributed by atoms with Crippen LogP contribution in [0.5, 0.6) is 0 Å². The van der Waals surface area contributed by atoms with E-state index in [9.17, 15) is 43.2 Å². The highest BCUT2D eigenvalue weighted by molar-refractivity contribution is 6.17. The van der Waals surface area contributed by atoms with Crippen LogP contribution in [0.15, 0.2) is 97.1 Å². The maximum Gasteiger partial charge on any atom is 0.193 e. The molecule has 0 N–H and O–H groups in total. The average Bonchev–Trinajstić information content (AvgIpc) is 3.26. The molecule has 1 fully saturated rings. The highest BCUT2D eigenvalue weighted by Gasteiger charge is 2.49. The first-order valence-corrected chi connectivity index (χ1v) is 22.2. The molecule has 0 aromatic heterocycles. The van der Waals surface area contributed by atoms with Crippen molar-refractivity contribution < 1.29 is 43.2 Å². The quantitative estimate of drug-likeness (QED) is 0.136. The summed E-state index contributed by atoms with van der Waals surface area (Å²) in [5, 5.41) is 1.87. The second kappa shape index (κ2) is 19.1. The summed E-state index contributed by atoms with van der Waals surface area (Å²) in [5.41, 5.74) is -4.21. The van der Waals surface area contributed by atoms with Gasteiger partial charge in [-0.3, -0.25) is 43.2 Å². The van der Waals surface area contributed by atoms with Crippen molar-refractivity contribution in [1.29, 1.82) is 0 Å². The van der Waals surface area contributed by atoms with Crippen LogP contribution in [0.2, 0.25) is 0 Å². The van der Waals surface area contributed by atoms with Crippen LogP contribution in [0.1, 0.15) is 122 Å². The second-order valence-corrected chi connectivity index (χ2v) is 20.3. The number of hydrogen-bond acceptors (Lipinski definition) is 9.